The van der Waals surface area contributed by atoms with Crippen LogP contribution >= 0.6 is 0 Å². The zero-order chi connectivity index (χ0) is 13.8. The molecule has 2 N–H and O–H groups in total. The average Bonchev–Trinajstić information content (AvgIpc) is 2.26. The lowest BCUT2D eigenvalue weighted by Crippen LogP contribution is -2.62. The quantitative estimate of drug-likeness (QED) is 0.755. The molecule has 2 fully saturated rings. The Morgan fingerprint density at radius 3 is 2.50 bits per heavy atom. The first-order valence-electron chi connectivity index (χ1n) is 7.09. The number of ketones is 1. The van der Waals surface area contributed by atoms with Gasteiger partial charge >= 0.3 is 0 Å². The van der Waals surface area contributed by atoms with E-state index in [1.54, 1.807) is 13.8 Å². The molecule has 0 aromatic carbocycles. The molecule has 2 aliphatic carbocycles. The Kier molecular flexibility index (Phi) is 3.14. The summed E-state index contributed by atoms with van der Waals surface area (Å²) < 4.78 is 0. The molecule has 3 nitrogen and oxygen atoms in total. The van der Waals surface area contributed by atoms with Crippen LogP contribution in [0, 0.1) is 17.3 Å². The van der Waals surface area contributed by atoms with Gasteiger partial charge < -0.3 is 10.2 Å². The number of carbonyl (C=O) groups excluding carboxylic acids is 1. The maximum Gasteiger partial charge on any atom is 0.141 e. The van der Waals surface area contributed by atoms with Crippen molar-refractivity contribution in [3.8, 4) is 0 Å². The highest BCUT2D eigenvalue weighted by Crippen LogP contribution is 2.56. The van der Waals surface area contributed by atoms with Gasteiger partial charge in [0, 0.05) is 6.42 Å². The first-order valence-corrected chi connectivity index (χ1v) is 7.09. The van der Waals surface area contributed by atoms with E-state index in [0.29, 0.717) is 19.3 Å². The summed E-state index contributed by atoms with van der Waals surface area (Å²) in [6.07, 6.45) is 3.42. The third kappa shape index (κ3) is 1.83. The van der Waals surface area contributed by atoms with Crippen LogP contribution in [-0.2, 0) is 4.79 Å². The van der Waals surface area contributed by atoms with E-state index in [9.17, 15) is 15.0 Å². The zero-order valence-corrected chi connectivity index (χ0v) is 12.0. The molecule has 2 rings (SSSR count). The van der Waals surface area contributed by atoms with E-state index in [-0.39, 0.29) is 17.6 Å². The summed E-state index contributed by atoms with van der Waals surface area (Å²) in [7, 11) is 0. The number of carbonyl (C=O) groups is 1. The third-order valence-electron chi connectivity index (χ3n) is 5.74. The van der Waals surface area contributed by atoms with E-state index in [2.05, 4.69) is 0 Å². The summed E-state index contributed by atoms with van der Waals surface area (Å²) in [6, 6.07) is 0. The van der Waals surface area contributed by atoms with Crippen molar-refractivity contribution >= 4 is 5.78 Å². The minimum atomic E-state index is -0.939. The molecule has 3 heteroatoms. The van der Waals surface area contributed by atoms with Gasteiger partial charge in [0.15, 0.2) is 0 Å². The van der Waals surface area contributed by atoms with E-state index in [1.165, 1.54) is 0 Å². The number of aliphatic hydroxyl groups is 2. The van der Waals surface area contributed by atoms with E-state index in [0.717, 1.165) is 12.8 Å². The Labute approximate surface area is 110 Å². The molecule has 0 aromatic heterocycles. The average molecular weight is 254 g/mol. The predicted molar refractivity (Wildman–Crippen MR) is 70.1 cm³/mol. The van der Waals surface area contributed by atoms with Crippen LogP contribution in [0.4, 0.5) is 0 Å². The molecule has 0 radical (unpaired) electrons. The highest BCUT2D eigenvalue weighted by Gasteiger charge is 2.60. The molecule has 18 heavy (non-hydrogen) atoms. The number of rotatable bonds is 1. The van der Waals surface area contributed by atoms with Crippen molar-refractivity contribution in [3.63, 3.8) is 0 Å². The van der Waals surface area contributed by atoms with Crippen molar-refractivity contribution in [2.75, 3.05) is 0 Å². The second-order valence-corrected chi connectivity index (χ2v) is 7.21. The second-order valence-electron chi connectivity index (χ2n) is 7.21. The molecule has 2 aliphatic rings. The first kappa shape index (κ1) is 14.0. The van der Waals surface area contributed by atoms with Crippen molar-refractivity contribution in [1.29, 1.82) is 0 Å². The topological polar surface area (TPSA) is 57.5 Å². The lowest BCUT2D eigenvalue weighted by atomic mass is 9.50. The largest absolute Gasteiger partial charge is 0.390 e. The maximum atomic E-state index is 12.2. The van der Waals surface area contributed by atoms with Gasteiger partial charge in [-0.25, -0.2) is 0 Å². The van der Waals surface area contributed by atoms with Crippen molar-refractivity contribution in [3.05, 3.63) is 0 Å². The molecule has 0 saturated heterocycles. The van der Waals surface area contributed by atoms with Gasteiger partial charge in [-0.1, -0.05) is 6.92 Å². The number of Topliss-reactive ketones (excluding diaryl/α,β-unsaturated/α-hetero) is 1. The van der Waals surface area contributed by atoms with E-state index in [4.69, 9.17) is 0 Å². The summed E-state index contributed by atoms with van der Waals surface area (Å²) in [5.41, 5.74) is -2.32. The first-order chi connectivity index (χ1) is 8.11. The van der Waals surface area contributed by atoms with Crippen molar-refractivity contribution in [1.82, 2.24) is 0 Å². The fraction of sp³-hybridized carbons (Fsp3) is 0.933. The minimum absolute atomic E-state index is 0.0731. The molecular formula is C15H26O3. The van der Waals surface area contributed by atoms with Gasteiger partial charge in [-0.2, -0.15) is 0 Å². The summed E-state index contributed by atoms with van der Waals surface area (Å²) in [4.78, 5) is 12.2. The van der Waals surface area contributed by atoms with Gasteiger partial charge in [0.2, 0.25) is 0 Å². The van der Waals surface area contributed by atoms with Crippen LogP contribution in [0.2, 0.25) is 0 Å². The Balaban J connectivity index is 2.34. The fourth-order valence-electron chi connectivity index (χ4n) is 3.97. The fourth-order valence-corrected chi connectivity index (χ4v) is 3.97. The van der Waals surface area contributed by atoms with Gasteiger partial charge in [-0.05, 0) is 58.3 Å². The Morgan fingerprint density at radius 1 is 1.33 bits per heavy atom. The molecule has 0 bridgehead atoms. The molecule has 104 valence electrons. The Hall–Kier alpha value is -0.410. The van der Waals surface area contributed by atoms with Gasteiger partial charge in [0.05, 0.1) is 16.6 Å². The summed E-state index contributed by atoms with van der Waals surface area (Å²) >= 11 is 0. The highest BCUT2D eigenvalue weighted by molar-refractivity contribution is 5.87. The summed E-state index contributed by atoms with van der Waals surface area (Å²) in [6.45, 7) is 7.57. The molecule has 0 unspecified atom stereocenters. The van der Waals surface area contributed by atoms with Crippen LogP contribution in [0.5, 0.6) is 0 Å². The molecule has 2 saturated carbocycles. The molecule has 0 aromatic rings. The lowest BCUT2D eigenvalue weighted by Gasteiger charge is -2.57. The predicted octanol–water partition coefficient (Wildman–Crippen LogP) is 2.29. The maximum absolute atomic E-state index is 12.2. The standard InChI is InChI=1S/C15H26O3/c1-10-5-6-12(16)14(4)8-7-11(13(2,3)17)9-15(10,14)18/h10-11,17-18H,5-9H2,1-4H3/t10-,11+,14-,15-/m0/s1. The van der Waals surface area contributed by atoms with E-state index in [1.807, 2.05) is 13.8 Å². The molecular weight excluding hydrogens is 228 g/mol. The molecule has 0 spiro atoms. The third-order valence-corrected chi connectivity index (χ3v) is 5.74. The smallest absolute Gasteiger partial charge is 0.141 e. The van der Waals surface area contributed by atoms with Gasteiger partial charge in [-0.3, -0.25) is 4.79 Å². The van der Waals surface area contributed by atoms with Crippen LogP contribution in [0.1, 0.15) is 59.8 Å². The van der Waals surface area contributed by atoms with Crippen molar-refractivity contribution in [2.45, 2.75) is 71.0 Å². The van der Waals surface area contributed by atoms with Crippen molar-refractivity contribution in [2.24, 2.45) is 17.3 Å². The molecule has 0 aliphatic heterocycles. The van der Waals surface area contributed by atoms with Crippen molar-refractivity contribution < 1.29 is 15.0 Å². The van der Waals surface area contributed by atoms with Crippen LogP contribution in [0.25, 0.3) is 0 Å². The van der Waals surface area contributed by atoms with Crippen LogP contribution in [0.15, 0.2) is 0 Å². The number of fused-ring (bicyclic) bond motifs is 1. The van der Waals surface area contributed by atoms with E-state index < -0.39 is 16.6 Å². The van der Waals surface area contributed by atoms with Gasteiger partial charge in [0.25, 0.3) is 0 Å². The zero-order valence-electron chi connectivity index (χ0n) is 12.0. The van der Waals surface area contributed by atoms with Crippen LogP contribution in [0.3, 0.4) is 0 Å². The molecule has 0 heterocycles. The normalized spacial score (nSPS) is 45.8. The van der Waals surface area contributed by atoms with Crippen LogP contribution < -0.4 is 0 Å². The number of hydrogen-bond acceptors (Lipinski definition) is 3. The van der Waals surface area contributed by atoms with Gasteiger partial charge in [0.1, 0.15) is 5.78 Å². The number of hydrogen-bond donors (Lipinski definition) is 2. The highest BCUT2D eigenvalue weighted by atomic mass is 16.3. The van der Waals surface area contributed by atoms with E-state index >= 15 is 0 Å². The Bertz CT molecular complexity index is 357. The minimum Gasteiger partial charge on any atom is -0.390 e. The summed E-state index contributed by atoms with van der Waals surface area (Å²) in [5, 5.41) is 21.3. The molecule has 0 amide bonds. The Morgan fingerprint density at radius 2 is 1.94 bits per heavy atom. The summed E-state index contributed by atoms with van der Waals surface area (Å²) in [5.74, 6) is 0.409. The van der Waals surface area contributed by atoms with Crippen LogP contribution in [-0.4, -0.2) is 27.2 Å². The molecule has 4 atom stereocenters. The SMILES string of the molecule is C[C@H]1CCC(=O)[C@]2(C)CC[C@@H](C(C)(C)O)C[C@]12O. The second kappa shape index (κ2) is 4.04. The van der Waals surface area contributed by atoms with Gasteiger partial charge in [-0.15, -0.1) is 0 Å². The lowest BCUT2D eigenvalue weighted by molar-refractivity contribution is -0.196. The monoisotopic (exact) mass is 254 g/mol.